The summed E-state index contributed by atoms with van der Waals surface area (Å²) in [7, 11) is 0. The molecule has 0 amide bonds. The van der Waals surface area contributed by atoms with Crippen LogP contribution in [-0.4, -0.2) is 10.0 Å². The van der Waals surface area contributed by atoms with Crippen LogP contribution in [0.4, 0.5) is 0 Å². The van der Waals surface area contributed by atoms with E-state index >= 15 is 0 Å². The summed E-state index contributed by atoms with van der Waals surface area (Å²) in [6.07, 6.45) is 1.11. The van der Waals surface area contributed by atoms with Crippen molar-refractivity contribution in [1.82, 2.24) is 4.90 Å². The normalized spacial score (nSPS) is 16.1. The minimum Gasteiger partial charge on any atom is -0.502 e. The van der Waals surface area contributed by atoms with E-state index < -0.39 is 5.43 Å². The smallest absolute Gasteiger partial charge is 0.226 e. The molecule has 0 saturated carbocycles. The fourth-order valence-electron chi connectivity index (χ4n) is 2.48. The van der Waals surface area contributed by atoms with Crippen LogP contribution in [0.5, 0.6) is 5.75 Å². The van der Waals surface area contributed by atoms with Crippen molar-refractivity contribution < 1.29 is 9.52 Å². The Bertz CT molecular complexity index is 711. The second kappa shape index (κ2) is 5.07. The van der Waals surface area contributed by atoms with Crippen LogP contribution >= 0.6 is 15.9 Å². The van der Waals surface area contributed by atoms with E-state index in [2.05, 4.69) is 33.0 Å². The van der Waals surface area contributed by atoms with Gasteiger partial charge >= 0.3 is 0 Å². The molecule has 1 aliphatic rings. The first-order chi connectivity index (χ1) is 9.54. The fraction of sp³-hybridized carbons (Fsp3) is 0.267. The zero-order chi connectivity index (χ0) is 14.3. The van der Waals surface area contributed by atoms with Crippen molar-refractivity contribution >= 4 is 15.9 Å². The van der Waals surface area contributed by atoms with Gasteiger partial charge in [0.05, 0.1) is 6.04 Å². The summed E-state index contributed by atoms with van der Waals surface area (Å²) in [5.74, 6) is 0.217. The van der Waals surface area contributed by atoms with Gasteiger partial charge < -0.3 is 9.52 Å². The number of aromatic hydroxyl groups is 1. The highest BCUT2D eigenvalue weighted by atomic mass is 79.9. The molecule has 1 unspecified atom stereocenters. The lowest BCUT2D eigenvalue weighted by Gasteiger charge is -2.22. The summed E-state index contributed by atoms with van der Waals surface area (Å²) in [6.45, 7) is 3.64. The van der Waals surface area contributed by atoms with Crippen LogP contribution in [-0.2, 0) is 13.1 Å². The van der Waals surface area contributed by atoms with Crippen LogP contribution in [0.3, 0.4) is 0 Å². The van der Waals surface area contributed by atoms with Crippen molar-refractivity contribution in [3.05, 3.63) is 62.1 Å². The molecule has 104 valence electrons. The SMILES string of the molecule is CC(c1cc(=O)c(O)co1)N1Cc2ccc(Br)cc2C1. The first-order valence-corrected chi connectivity index (χ1v) is 7.17. The van der Waals surface area contributed by atoms with Crippen LogP contribution < -0.4 is 5.43 Å². The van der Waals surface area contributed by atoms with Crippen molar-refractivity contribution in [3.8, 4) is 5.75 Å². The van der Waals surface area contributed by atoms with Gasteiger partial charge in [0.2, 0.25) is 5.43 Å². The molecule has 0 spiro atoms. The van der Waals surface area contributed by atoms with Crippen LogP contribution in [0.2, 0.25) is 0 Å². The maximum atomic E-state index is 11.5. The third kappa shape index (κ3) is 2.39. The molecule has 1 aromatic carbocycles. The van der Waals surface area contributed by atoms with E-state index in [1.54, 1.807) is 0 Å². The first-order valence-electron chi connectivity index (χ1n) is 6.37. The van der Waals surface area contributed by atoms with Crippen molar-refractivity contribution in [3.63, 3.8) is 0 Å². The molecule has 3 rings (SSSR count). The standard InChI is InChI=1S/C15H14BrNO3/c1-9(15-5-13(18)14(19)8-20-15)17-6-10-2-3-12(16)4-11(10)7-17/h2-5,8-9,19H,6-7H2,1H3. The van der Waals surface area contributed by atoms with Crippen molar-refractivity contribution in [1.29, 1.82) is 0 Å². The topological polar surface area (TPSA) is 53.7 Å². The Kier molecular flexibility index (Phi) is 3.40. The summed E-state index contributed by atoms with van der Waals surface area (Å²) < 4.78 is 6.41. The van der Waals surface area contributed by atoms with Gasteiger partial charge in [-0.1, -0.05) is 22.0 Å². The Hall–Kier alpha value is -1.59. The monoisotopic (exact) mass is 335 g/mol. The molecule has 1 aromatic heterocycles. The van der Waals surface area contributed by atoms with Gasteiger partial charge in [0.15, 0.2) is 5.75 Å². The van der Waals surface area contributed by atoms with E-state index in [-0.39, 0.29) is 11.8 Å². The number of hydrogen-bond donors (Lipinski definition) is 1. The third-order valence-electron chi connectivity index (χ3n) is 3.71. The van der Waals surface area contributed by atoms with E-state index in [9.17, 15) is 9.90 Å². The van der Waals surface area contributed by atoms with Gasteiger partial charge in [-0.25, -0.2) is 0 Å². The molecular formula is C15H14BrNO3. The average Bonchev–Trinajstić information content (AvgIpc) is 2.84. The molecule has 5 heteroatoms. The number of fused-ring (bicyclic) bond motifs is 1. The number of halogens is 1. The van der Waals surface area contributed by atoms with Gasteiger partial charge in [-0.3, -0.25) is 9.69 Å². The van der Waals surface area contributed by atoms with Gasteiger partial charge in [0.25, 0.3) is 0 Å². The lowest BCUT2D eigenvalue weighted by atomic mass is 10.1. The van der Waals surface area contributed by atoms with Gasteiger partial charge in [-0.05, 0) is 30.2 Å². The summed E-state index contributed by atoms with van der Waals surface area (Å²) in [5, 5.41) is 9.24. The van der Waals surface area contributed by atoms with Gasteiger partial charge in [0, 0.05) is 23.6 Å². The first kappa shape index (κ1) is 13.4. The van der Waals surface area contributed by atoms with Gasteiger partial charge in [-0.2, -0.15) is 0 Å². The summed E-state index contributed by atoms with van der Waals surface area (Å²) in [4.78, 5) is 13.7. The highest BCUT2D eigenvalue weighted by Gasteiger charge is 2.25. The Morgan fingerprint density at radius 1 is 1.30 bits per heavy atom. The molecule has 2 heterocycles. The zero-order valence-electron chi connectivity index (χ0n) is 11.0. The maximum absolute atomic E-state index is 11.5. The molecule has 0 bridgehead atoms. The number of hydrogen-bond acceptors (Lipinski definition) is 4. The zero-order valence-corrected chi connectivity index (χ0v) is 12.6. The predicted octanol–water partition coefficient (Wildman–Crippen LogP) is 3.18. The third-order valence-corrected chi connectivity index (χ3v) is 4.20. The van der Waals surface area contributed by atoms with Crippen LogP contribution in [0.15, 0.2) is 44.2 Å². The molecule has 4 nitrogen and oxygen atoms in total. The molecule has 0 aliphatic carbocycles. The van der Waals surface area contributed by atoms with Crippen LogP contribution in [0.1, 0.15) is 29.9 Å². The van der Waals surface area contributed by atoms with Crippen molar-refractivity contribution in [2.24, 2.45) is 0 Å². The second-order valence-electron chi connectivity index (χ2n) is 5.03. The Labute approximate surface area is 124 Å². The van der Waals surface area contributed by atoms with Crippen molar-refractivity contribution in [2.75, 3.05) is 0 Å². The van der Waals surface area contributed by atoms with Gasteiger partial charge in [0.1, 0.15) is 12.0 Å². The molecular weight excluding hydrogens is 322 g/mol. The molecule has 2 aromatic rings. The Morgan fingerprint density at radius 3 is 2.80 bits per heavy atom. The minimum atomic E-state index is -0.405. The predicted molar refractivity (Wildman–Crippen MR) is 78.4 cm³/mol. The average molecular weight is 336 g/mol. The number of nitrogens with zero attached hydrogens (tertiary/aromatic N) is 1. The summed E-state index contributed by atoms with van der Waals surface area (Å²) >= 11 is 3.48. The molecule has 1 N–H and O–H groups in total. The van der Waals surface area contributed by atoms with Crippen molar-refractivity contribution in [2.45, 2.75) is 26.1 Å². The van der Waals surface area contributed by atoms with Crippen LogP contribution in [0.25, 0.3) is 0 Å². The quantitative estimate of drug-likeness (QED) is 0.915. The Balaban J connectivity index is 1.84. The molecule has 0 saturated heterocycles. The maximum Gasteiger partial charge on any atom is 0.226 e. The number of rotatable bonds is 2. The number of benzene rings is 1. The second-order valence-corrected chi connectivity index (χ2v) is 5.94. The van der Waals surface area contributed by atoms with E-state index in [4.69, 9.17) is 4.42 Å². The van der Waals surface area contributed by atoms with E-state index in [1.165, 1.54) is 17.2 Å². The van der Waals surface area contributed by atoms with E-state index in [0.717, 1.165) is 23.8 Å². The highest BCUT2D eigenvalue weighted by Crippen LogP contribution is 2.32. The minimum absolute atomic E-state index is 0.0190. The highest BCUT2D eigenvalue weighted by molar-refractivity contribution is 9.10. The summed E-state index contributed by atoms with van der Waals surface area (Å²) in [5.41, 5.74) is 2.17. The lowest BCUT2D eigenvalue weighted by molar-refractivity contribution is 0.187. The van der Waals surface area contributed by atoms with Gasteiger partial charge in [-0.15, -0.1) is 0 Å². The molecule has 1 aliphatic heterocycles. The van der Waals surface area contributed by atoms with E-state index in [1.807, 2.05) is 13.0 Å². The molecule has 0 fully saturated rings. The Morgan fingerprint density at radius 2 is 2.05 bits per heavy atom. The largest absolute Gasteiger partial charge is 0.502 e. The lowest BCUT2D eigenvalue weighted by Crippen LogP contribution is -2.21. The van der Waals surface area contributed by atoms with Crippen LogP contribution in [0, 0.1) is 0 Å². The summed E-state index contributed by atoms with van der Waals surface area (Å²) in [6, 6.07) is 7.61. The molecule has 0 radical (unpaired) electrons. The fourth-order valence-corrected chi connectivity index (χ4v) is 2.89. The molecule has 20 heavy (non-hydrogen) atoms. The molecule has 1 atom stereocenters. The van der Waals surface area contributed by atoms with E-state index in [0.29, 0.717) is 5.76 Å².